The van der Waals surface area contributed by atoms with E-state index in [-0.39, 0.29) is 5.91 Å². The Morgan fingerprint density at radius 3 is 2.31 bits per heavy atom. The molecule has 1 N–H and O–H groups in total. The van der Waals surface area contributed by atoms with Crippen LogP contribution in [-0.2, 0) is 11.2 Å². The molecule has 0 aliphatic carbocycles. The predicted octanol–water partition coefficient (Wildman–Crippen LogP) is 2.88. The summed E-state index contributed by atoms with van der Waals surface area (Å²) in [6, 6.07) is 15.7. The van der Waals surface area contributed by atoms with Gasteiger partial charge in [0, 0.05) is 50.7 Å². The van der Waals surface area contributed by atoms with Crippen molar-refractivity contribution in [3.63, 3.8) is 0 Å². The van der Waals surface area contributed by atoms with Gasteiger partial charge in [-0.05, 0) is 48.4 Å². The molecule has 1 amide bonds. The fraction of sp³-hybridized carbons (Fsp3) is 0.381. The zero-order valence-electron chi connectivity index (χ0n) is 15.6. The number of amides is 1. The van der Waals surface area contributed by atoms with Gasteiger partial charge < -0.3 is 15.0 Å². The van der Waals surface area contributed by atoms with E-state index in [9.17, 15) is 4.79 Å². The smallest absolute Gasteiger partial charge is 0.255 e. The van der Waals surface area contributed by atoms with Crippen molar-refractivity contribution in [3.8, 4) is 0 Å². The third-order valence-corrected chi connectivity index (χ3v) is 4.68. The zero-order chi connectivity index (χ0) is 18.4. The monoisotopic (exact) mass is 353 g/mol. The van der Waals surface area contributed by atoms with Gasteiger partial charge in [-0.15, -0.1) is 0 Å². The molecule has 3 rings (SSSR count). The van der Waals surface area contributed by atoms with Crippen LogP contribution >= 0.6 is 0 Å². The highest BCUT2D eigenvalue weighted by Crippen LogP contribution is 2.15. The van der Waals surface area contributed by atoms with Gasteiger partial charge in [-0.1, -0.05) is 12.1 Å². The summed E-state index contributed by atoms with van der Waals surface area (Å²) in [5.74, 6) is -0.0867. The van der Waals surface area contributed by atoms with Crippen LogP contribution in [0.25, 0.3) is 0 Å². The molecule has 2 aromatic carbocycles. The number of nitrogens with one attached hydrogen (secondary N) is 1. The molecule has 2 aromatic rings. The summed E-state index contributed by atoms with van der Waals surface area (Å²) < 4.78 is 5.37. The van der Waals surface area contributed by atoms with E-state index in [1.165, 1.54) is 5.56 Å². The molecule has 0 unspecified atom stereocenters. The molecule has 26 heavy (non-hydrogen) atoms. The molecule has 1 aliphatic rings. The van der Waals surface area contributed by atoms with E-state index >= 15 is 0 Å². The van der Waals surface area contributed by atoms with E-state index in [1.807, 2.05) is 55.4 Å². The number of benzene rings is 2. The SMILES string of the molecule is CN(C)c1ccc(C(=O)Nc2ccc(CCN3CCOCC3)cc2)cc1. The van der Waals surface area contributed by atoms with Gasteiger partial charge in [0.1, 0.15) is 0 Å². The number of morpholine rings is 1. The van der Waals surface area contributed by atoms with Crippen molar-refractivity contribution in [2.24, 2.45) is 0 Å². The van der Waals surface area contributed by atoms with Crippen LogP contribution in [0.4, 0.5) is 11.4 Å². The third-order valence-electron chi connectivity index (χ3n) is 4.68. The van der Waals surface area contributed by atoms with Crippen LogP contribution in [0.3, 0.4) is 0 Å². The first-order valence-corrected chi connectivity index (χ1v) is 9.09. The van der Waals surface area contributed by atoms with Gasteiger partial charge in [0.15, 0.2) is 0 Å². The van der Waals surface area contributed by atoms with E-state index in [2.05, 4.69) is 22.3 Å². The lowest BCUT2D eigenvalue weighted by Crippen LogP contribution is -2.37. The molecule has 1 saturated heterocycles. The number of anilines is 2. The summed E-state index contributed by atoms with van der Waals surface area (Å²) in [6.07, 6.45) is 1.01. The highest BCUT2D eigenvalue weighted by atomic mass is 16.5. The first-order chi connectivity index (χ1) is 12.6. The molecule has 0 aromatic heterocycles. The lowest BCUT2D eigenvalue weighted by molar-refractivity contribution is 0.0384. The first-order valence-electron chi connectivity index (χ1n) is 9.09. The third kappa shape index (κ3) is 5.07. The quantitative estimate of drug-likeness (QED) is 0.867. The average molecular weight is 353 g/mol. The topological polar surface area (TPSA) is 44.8 Å². The van der Waals surface area contributed by atoms with Crippen LogP contribution in [0.2, 0.25) is 0 Å². The maximum atomic E-state index is 12.4. The highest BCUT2D eigenvalue weighted by molar-refractivity contribution is 6.04. The largest absolute Gasteiger partial charge is 0.379 e. The Balaban J connectivity index is 1.52. The Kier molecular flexibility index (Phi) is 6.26. The first kappa shape index (κ1) is 18.4. The number of hydrogen-bond donors (Lipinski definition) is 1. The van der Waals surface area contributed by atoms with E-state index < -0.39 is 0 Å². The van der Waals surface area contributed by atoms with Crippen LogP contribution in [-0.4, -0.2) is 57.8 Å². The highest BCUT2D eigenvalue weighted by Gasteiger charge is 2.10. The second kappa shape index (κ2) is 8.83. The maximum Gasteiger partial charge on any atom is 0.255 e. The number of ether oxygens (including phenoxy) is 1. The zero-order valence-corrected chi connectivity index (χ0v) is 15.6. The molecular formula is C21H27N3O2. The number of rotatable bonds is 6. The standard InChI is InChI=1S/C21H27N3O2/c1-23(2)20-9-5-18(6-10-20)21(25)22-19-7-3-17(4-8-19)11-12-24-13-15-26-16-14-24/h3-10H,11-16H2,1-2H3,(H,22,25). The van der Waals surface area contributed by atoms with Gasteiger partial charge in [-0.2, -0.15) is 0 Å². The van der Waals surface area contributed by atoms with Gasteiger partial charge in [-0.25, -0.2) is 0 Å². The lowest BCUT2D eigenvalue weighted by Gasteiger charge is -2.26. The van der Waals surface area contributed by atoms with E-state index in [0.29, 0.717) is 5.56 Å². The van der Waals surface area contributed by atoms with Crippen LogP contribution in [0.5, 0.6) is 0 Å². The molecule has 1 aliphatic heterocycles. The van der Waals surface area contributed by atoms with Gasteiger partial charge in [0.05, 0.1) is 13.2 Å². The van der Waals surface area contributed by atoms with Crippen LogP contribution in [0, 0.1) is 0 Å². The summed E-state index contributed by atoms with van der Waals surface area (Å²) in [4.78, 5) is 16.8. The Morgan fingerprint density at radius 2 is 1.69 bits per heavy atom. The Labute approximate surface area is 155 Å². The van der Waals surface area contributed by atoms with Crippen LogP contribution < -0.4 is 10.2 Å². The summed E-state index contributed by atoms with van der Waals surface area (Å²) in [7, 11) is 3.96. The summed E-state index contributed by atoms with van der Waals surface area (Å²) >= 11 is 0. The van der Waals surface area contributed by atoms with E-state index in [0.717, 1.165) is 50.6 Å². The van der Waals surface area contributed by atoms with Crippen molar-refractivity contribution in [1.29, 1.82) is 0 Å². The Hall–Kier alpha value is -2.37. The molecular weight excluding hydrogens is 326 g/mol. The number of nitrogens with zero attached hydrogens (tertiary/aromatic N) is 2. The number of carbonyl (C=O) groups is 1. The van der Waals surface area contributed by atoms with Crippen molar-refractivity contribution in [2.45, 2.75) is 6.42 Å². The normalized spacial score (nSPS) is 14.8. The number of carbonyl (C=O) groups excluding carboxylic acids is 1. The fourth-order valence-electron chi connectivity index (χ4n) is 2.98. The number of hydrogen-bond acceptors (Lipinski definition) is 4. The second-order valence-electron chi connectivity index (χ2n) is 6.80. The minimum atomic E-state index is -0.0867. The molecule has 138 valence electrons. The molecule has 0 saturated carbocycles. The summed E-state index contributed by atoms with van der Waals surface area (Å²) in [5.41, 5.74) is 3.84. The van der Waals surface area contributed by atoms with Gasteiger partial charge in [0.25, 0.3) is 5.91 Å². The molecule has 1 fully saturated rings. The van der Waals surface area contributed by atoms with Gasteiger partial charge in [0.2, 0.25) is 0 Å². The molecule has 1 heterocycles. The summed E-state index contributed by atoms with van der Waals surface area (Å²) in [5, 5.41) is 2.96. The molecule has 0 atom stereocenters. The van der Waals surface area contributed by atoms with Crippen LogP contribution in [0.1, 0.15) is 15.9 Å². The molecule has 0 bridgehead atoms. The van der Waals surface area contributed by atoms with Crippen molar-refractivity contribution in [2.75, 3.05) is 57.2 Å². The minimum absolute atomic E-state index is 0.0867. The predicted molar refractivity (Wildman–Crippen MR) is 106 cm³/mol. The van der Waals surface area contributed by atoms with Crippen molar-refractivity contribution in [1.82, 2.24) is 4.90 Å². The Morgan fingerprint density at radius 1 is 1.04 bits per heavy atom. The fourth-order valence-corrected chi connectivity index (χ4v) is 2.98. The van der Waals surface area contributed by atoms with E-state index in [4.69, 9.17) is 4.74 Å². The average Bonchev–Trinajstić information content (AvgIpc) is 2.68. The second-order valence-corrected chi connectivity index (χ2v) is 6.80. The molecule has 0 radical (unpaired) electrons. The Bertz CT molecular complexity index is 705. The lowest BCUT2D eigenvalue weighted by atomic mass is 10.1. The van der Waals surface area contributed by atoms with Crippen molar-refractivity contribution >= 4 is 17.3 Å². The molecule has 5 nitrogen and oxygen atoms in total. The van der Waals surface area contributed by atoms with E-state index in [1.54, 1.807) is 0 Å². The maximum absolute atomic E-state index is 12.4. The van der Waals surface area contributed by atoms with Crippen molar-refractivity contribution < 1.29 is 9.53 Å². The van der Waals surface area contributed by atoms with Gasteiger partial charge in [-0.3, -0.25) is 9.69 Å². The van der Waals surface area contributed by atoms with Crippen LogP contribution in [0.15, 0.2) is 48.5 Å². The molecule has 0 spiro atoms. The van der Waals surface area contributed by atoms with Crippen molar-refractivity contribution in [3.05, 3.63) is 59.7 Å². The molecule has 5 heteroatoms. The minimum Gasteiger partial charge on any atom is -0.379 e. The summed E-state index contributed by atoms with van der Waals surface area (Å²) in [6.45, 7) is 4.75. The van der Waals surface area contributed by atoms with Gasteiger partial charge >= 0.3 is 0 Å².